The van der Waals surface area contributed by atoms with Gasteiger partial charge < -0.3 is 29.7 Å². The van der Waals surface area contributed by atoms with E-state index in [0.29, 0.717) is 53.4 Å². The smallest absolute Gasteiger partial charge is 0.259 e. The molecule has 2 saturated carbocycles. The van der Waals surface area contributed by atoms with Crippen LogP contribution in [-0.4, -0.2) is 85.8 Å². The van der Waals surface area contributed by atoms with Crippen molar-refractivity contribution >= 4 is 44.3 Å². The van der Waals surface area contributed by atoms with Crippen molar-refractivity contribution in [2.75, 3.05) is 26.1 Å². The molecule has 3 aromatic carbocycles. The maximum atomic E-state index is 14.9. The number of ether oxygens (including phenoxy) is 3. The van der Waals surface area contributed by atoms with Gasteiger partial charge in [0.2, 0.25) is 21.8 Å². The number of hydrogen-bond donors (Lipinski definition) is 3. The van der Waals surface area contributed by atoms with Gasteiger partial charge in [-0.15, -0.1) is 0 Å². The van der Waals surface area contributed by atoms with Gasteiger partial charge >= 0.3 is 0 Å². The van der Waals surface area contributed by atoms with Crippen LogP contribution in [0, 0.1) is 5.92 Å². The van der Waals surface area contributed by atoms with Gasteiger partial charge in [0.05, 0.1) is 37.2 Å². The third-order valence-corrected chi connectivity index (χ3v) is 13.4. The van der Waals surface area contributed by atoms with Crippen molar-refractivity contribution in [2.24, 2.45) is 5.92 Å². The van der Waals surface area contributed by atoms with E-state index in [0.717, 1.165) is 36.6 Å². The van der Waals surface area contributed by atoms with Crippen molar-refractivity contribution in [3.63, 3.8) is 0 Å². The number of amides is 3. The van der Waals surface area contributed by atoms with E-state index in [-0.39, 0.29) is 25.3 Å². The molecule has 0 unspecified atom stereocenters. The first-order valence-corrected chi connectivity index (χ1v) is 21.6. The molecule has 2 aliphatic heterocycles. The van der Waals surface area contributed by atoms with Crippen LogP contribution in [0.3, 0.4) is 0 Å². The van der Waals surface area contributed by atoms with Crippen LogP contribution < -0.4 is 29.6 Å². The van der Waals surface area contributed by atoms with Crippen LogP contribution in [0.1, 0.15) is 57.8 Å². The number of aromatic nitrogens is 1. The number of pyridine rings is 1. The number of methoxy groups -OCH3 is 2. The minimum absolute atomic E-state index is 0.0897. The molecule has 13 nitrogen and oxygen atoms in total. The Balaban J connectivity index is 1.14. The van der Waals surface area contributed by atoms with Gasteiger partial charge in [-0.25, -0.2) is 13.4 Å². The summed E-state index contributed by atoms with van der Waals surface area (Å²) < 4.78 is 45.9. The summed E-state index contributed by atoms with van der Waals surface area (Å²) in [6.45, 7) is 0.0897. The SMILES string of the molecule is COc1cccc(N[C@H]2CCCCC/C=C\[C@H]3C[C@@]3(C(=O)NS(=O)(=O)C3CC3)NC(=O)[C@@H]3C[C@@H](Oc4cc(-c5ccccc5)nc5cc(OC)ccc45)CN3C2=O)c1. The zero-order chi connectivity index (χ0) is 40.4. The van der Waals surface area contributed by atoms with E-state index in [1.54, 1.807) is 19.1 Å². The normalized spacial score (nSPS) is 25.6. The van der Waals surface area contributed by atoms with Crippen LogP contribution in [-0.2, 0) is 24.4 Å². The predicted octanol–water partition coefficient (Wildman–Crippen LogP) is 5.75. The van der Waals surface area contributed by atoms with E-state index in [1.165, 1.54) is 0 Å². The van der Waals surface area contributed by atoms with Gasteiger partial charge in [-0.05, 0) is 62.8 Å². The van der Waals surface area contributed by atoms with E-state index in [2.05, 4.69) is 15.4 Å². The van der Waals surface area contributed by atoms with Crippen LogP contribution in [0.4, 0.5) is 5.69 Å². The fourth-order valence-corrected chi connectivity index (χ4v) is 9.46. The molecule has 1 saturated heterocycles. The molecule has 1 aromatic heterocycles. The van der Waals surface area contributed by atoms with Crippen LogP contribution >= 0.6 is 0 Å². The first kappa shape index (κ1) is 39.2. The van der Waals surface area contributed by atoms with Crippen molar-refractivity contribution < 1.29 is 37.0 Å². The van der Waals surface area contributed by atoms with Crippen LogP contribution in [0.25, 0.3) is 22.2 Å². The molecular formula is C44H49N5O8S. The molecule has 58 heavy (non-hydrogen) atoms. The minimum Gasteiger partial charge on any atom is -0.497 e. The lowest BCUT2D eigenvalue weighted by atomic mass is 10.0. The Hall–Kier alpha value is -5.63. The number of sulfonamides is 1. The molecule has 3 N–H and O–H groups in total. The van der Waals surface area contributed by atoms with E-state index in [4.69, 9.17) is 19.2 Å². The van der Waals surface area contributed by atoms with Crippen LogP contribution in [0.15, 0.2) is 91.0 Å². The van der Waals surface area contributed by atoms with Gasteiger partial charge in [0.1, 0.15) is 41.0 Å². The molecule has 3 heterocycles. The highest BCUT2D eigenvalue weighted by Crippen LogP contribution is 2.46. The number of anilines is 1. The Morgan fingerprint density at radius 1 is 0.914 bits per heavy atom. The average molecular weight is 808 g/mol. The number of rotatable bonds is 10. The molecule has 0 bridgehead atoms. The number of carbonyl (C=O) groups excluding carboxylic acids is 3. The van der Waals surface area contributed by atoms with E-state index < -0.39 is 56.7 Å². The molecule has 14 heteroatoms. The Kier molecular flexibility index (Phi) is 11.0. The first-order valence-electron chi connectivity index (χ1n) is 20.0. The molecule has 2 aliphatic carbocycles. The fourth-order valence-electron chi connectivity index (χ4n) is 8.10. The average Bonchev–Trinajstić information content (AvgIpc) is 4.16. The van der Waals surface area contributed by atoms with Gasteiger partial charge in [0, 0.05) is 47.2 Å². The third-order valence-electron chi connectivity index (χ3n) is 11.6. The molecule has 8 rings (SSSR count). The van der Waals surface area contributed by atoms with Crippen molar-refractivity contribution in [1.29, 1.82) is 0 Å². The third kappa shape index (κ3) is 8.33. The van der Waals surface area contributed by atoms with Gasteiger partial charge in [-0.3, -0.25) is 19.1 Å². The standard InChI is InChI=1S/C44H49N5O8S/c1-55-31-16-11-15-30(22-31)45-36-17-10-5-3-4-9-14-29-26-44(29,43(52)48-58(53,54)34-19-20-34)47-41(50)39-24-33(27-49(39)42(36)51)57-40-25-37(28-12-7-6-8-13-28)46-38-23-32(56-2)18-21-35(38)40/h6-9,11-16,18,21-23,25,29,33-34,36,39,45H,3-5,10,17,19-20,24,26-27H2,1-2H3,(H,47,50)(H,48,52)/b14-9-/t29-,33+,36-,39-,44+/m0/s1. The van der Waals surface area contributed by atoms with Gasteiger partial charge in [-0.2, -0.15) is 0 Å². The lowest BCUT2D eigenvalue weighted by Crippen LogP contribution is -2.57. The number of nitrogens with zero attached hydrogens (tertiary/aromatic N) is 2. The van der Waals surface area contributed by atoms with Crippen molar-refractivity contribution in [2.45, 2.75) is 86.8 Å². The molecule has 304 valence electrons. The highest BCUT2D eigenvalue weighted by atomic mass is 32.2. The number of hydrogen-bond acceptors (Lipinski definition) is 10. The summed E-state index contributed by atoms with van der Waals surface area (Å²) in [5.41, 5.74) is 1.46. The largest absolute Gasteiger partial charge is 0.497 e. The van der Waals surface area contributed by atoms with E-state index in [1.807, 2.05) is 91.0 Å². The topological polar surface area (TPSA) is 165 Å². The Labute approximate surface area is 338 Å². The second kappa shape index (κ2) is 16.3. The maximum Gasteiger partial charge on any atom is 0.259 e. The Morgan fingerprint density at radius 3 is 2.48 bits per heavy atom. The van der Waals surface area contributed by atoms with Crippen molar-refractivity contribution in [3.8, 4) is 28.5 Å². The Bertz CT molecular complexity index is 2330. The molecule has 5 atom stereocenters. The molecule has 4 aromatic rings. The lowest BCUT2D eigenvalue weighted by Gasteiger charge is -2.30. The highest BCUT2D eigenvalue weighted by molar-refractivity contribution is 7.91. The Morgan fingerprint density at radius 2 is 1.71 bits per heavy atom. The number of nitrogens with one attached hydrogen (secondary N) is 3. The lowest BCUT2D eigenvalue weighted by molar-refractivity contribution is -0.140. The van der Waals surface area contributed by atoms with Gasteiger partial charge in [-0.1, -0.05) is 61.4 Å². The summed E-state index contributed by atoms with van der Waals surface area (Å²) in [5, 5.41) is 6.52. The van der Waals surface area contributed by atoms with E-state index >= 15 is 0 Å². The molecule has 0 spiro atoms. The highest BCUT2D eigenvalue weighted by Gasteiger charge is 2.62. The summed E-state index contributed by atoms with van der Waals surface area (Å²) in [6, 6.07) is 22.8. The molecule has 3 fully saturated rings. The zero-order valence-electron chi connectivity index (χ0n) is 32.7. The number of fused-ring (bicyclic) bond motifs is 3. The summed E-state index contributed by atoms with van der Waals surface area (Å²) in [5.74, 6) is -0.163. The monoisotopic (exact) mass is 807 g/mol. The minimum atomic E-state index is -3.88. The molecule has 0 radical (unpaired) electrons. The van der Waals surface area contributed by atoms with Gasteiger partial charge in [0.15, 0.2) is 0 Å². The second-order valence-corrected chi connectivity index (χ2v) is 17.6. The van der Waals surface area contributed by atoms with Crippen LogP contribution in [0.2, 0.25) is 0 Å². The molecular weight excluding hydrogens is 759 g/mol. The predicted molar refractivity (Wildman–Crippen MR) is 220 cm³/mol. The zero-order valence-corrected chi connectivity index (χ0v) is 33.5. The van der Waals surface area contributed by atoms with Crippen molar-refractivity contribution in [3.05, 3.63) is 91.0 Å². The van der Waals surface area contributed by atoms with Gasteiger partial charge in [0.25, 0.3) is 5.91 Å². The molecule has 3 amide bonds. The summed E-state index contributed by atoms with van der Waals surface area (Å²) in [4.78, 5) is 49.8. The van der Waals surface area contributed by atoms with Crippen LogP contribution in [0.5, 0.6) is 17.2 Å². The quantitative estimate of drug-likeness (QED) is 0.168. The number of benzene rings is 3. The second-order valence-electron chi connectivity index (χ2n) is 15.7. The molecule has 4 aliphatic rings. The van der Waals surface area contributed by atoms with E-state index in [9.17, 15) is 22.8 Å². The first-order chi connectivity index (χ1) is 28.1. The van der Waals surface area contributed by atoms with Crippen molar-refractivity contribution in [1.82, 2.24) is 19.9 Å². The number of allylic oxidation sites excluding steroid dienone is 1. The number of carbonyl (C=O) groups is 3. The summed E-state index contributed by atoms with van der Waals surface area (Å²) in [7, 11) is -0.700. The summed E-state index contributed by atoms with van der Waals surface area (Å²) >= 11 is 0. The maximum absolute atomic E-state index is 14.9. The fraction of sp³-hybridized carbons (Fsp3) is 0.409. The summed E-state index contributed by atoms with van der Waals surface area (Å²) in [6.07, 6.45) is 8.40.